The summed E-state index contributed by atoms with van der Waals surface area (Å²) in [4.78, 5) is 11.4. The van der Waals surface area contributed by atoms with Crippen molar-refractivity contribution in [2.24, 2.45) is 5.92 Å². The Morgan fingerprint density at radius 1 is 1.54 bits per heavy atom. The van der Waals surface area contributed by atoms with Gasteiger partial charge in [-0.25, -0.2) is 0 Å². The molecule has 2 fully saturated rings. The van der Waals surface area contributed by atoms with Crippen molar-refractivity contribution in [1.29, 1.82) is 0 Å². The number of aliphatic hydroxyl groups is 2. The predicted molar refractivity (Wildman–Crippen MR) is 45.9 cm³/mol. The lowest BCUT2D eigenvalue weighted by Crippen LogP contribution is -2.52. The van der Waals surface area contributed by atoms with Crippen molar-refractivity contribution in [2.45, 2.75) is 37.3 Å². The molecule has 0 unspecified atom stereocenters. The third-order valence-corrected chi connectivity index (χ3v) is 3.08. The van der Waals surface area contributed by atoms with Crippen molar-refractivity contribution < 1.29 is 15.0 Å². The first-order valence-electron chi connectivity index (χ1n) is 4.80. The highest BCUT2D eigenvalue weighted by atomic mass is 16.3. The molecule has 0 aromatic carbocycles. The second kappa shape index (κ2) is 2.96. The molecule has 0 saturated heterocycles. The number of hydrogen-bond acceptors (Lipinski definition) is 3. The van der Waals surface area contributed by atoms with Gasteiger partial charge in [0.15, 0.2) is 0 Å². The van der Waals surface area contributed by atoms with Crippen molar-refractivity contribution in [3.8, 4) is 0 Å². The van der Waals surface area contributed by atoms with E-state index < -0.39 is 5.60 Å². The van der Waals surface area contributed by atoms with Crippen molar-refractivity contribution in [2.75, 3.05) is 6.61 Å². The van der Waals surface area contributed by atoms with Crippen LogP contribution in [0.5, 0.6) is 0 Å². The summed E-state index contributed by atoms with van der Waals surface area (Å²) in [5.74, 6) is -0.0349. The van der Waals surface area contributed by atoms with Gasteiger partial charge in [-0.05, 0) is 25.7 Å². The maximum absolute atomic E-state index is 11.4. The zero-order valence-electron chi connectivity index (χ0n) is 7.49. The van der Waals surface area contributed by atoms with Crippen molar-refractivity contribution in [3.63, 3.8) is 0 Å². The van der Waals surface area contributed by atoms with E-state index in [0.717, 1.165) is 12.8 Å². The minimum atomic E-state index is -1.09. The highest BCUT2D eigenvalue weighted by molar-refractivity contribution is 5.86. The molecule has 74 valence electrons. The zero-order chi connectivity index (χ0) is 9.47. The van der Waals surface area contributed by atoms with Crippen LogP contribution in [0.1, 0.15) is 25.7 Å². The van der Waals surface area contributed by atoms with Crippen LogP contribution in [0.3, 0.4) is 0 Å². The van der Waals surface area contributed by atoms with Gasteiger partial charge < -0.3 is 15.5 Å². The molecule has 0 aliphatic heterocycles. The summed E-state index contributed by atoms with van der Waals surface area (Å²) in [5.41, 5.74) is -1.09. The quantitative estimate of drug-likeness (QED) is 0.550. The molecule has 2 aliphatic carbocycles. The Labute approximate surface area is 76.9 Å². The molecule has 13 heavy (non-hydrogen) atoms. The molecule has 4 nitrogen and oxygen atoms in total. The third kappa shape index (κ3) is 1.56. The molecule has 1 amide bonds. The van der Waals surface area contributed by atoms with Crippen LogP contribution in [0.15, 0.2) is 0 Å². The number of amides is 1. The Morgan fingerprint density at radius 2 is 2.23 bits per heavy atom. The summed E-state index contributed by atoms with van der Waals surface area (Å²) in [7, 11) is 0. The van der Waals surface area contributed by atoms with Crippen LogP contribution in [-0.2, 0) is 4.79 Å². The lowest BCUT2D eigenvalue weighted by atomic mass is 9.79. The molecule has 0 aromatic rings. The van der Waals surface area contributed by atoms with Gasteiger partial charge in [0.05, 0.1) is 0 Å². The molecule has 2 rings (SSSR count). The van der Waals surface area contributed by atoms with E-state index in [0.29, 0.717) is 12.8 Å². The van der Waals surface area contributed by atoms with E-state index in [9.17, 15) is 9.90 Å². The van der Waals surface area contributed by atoms with Crippen LogP contribution in [0.2, 0.25) is 0 Å². The third-order valence-electron chi connectivity index (χ3n) is 3.08. The number of aliphatic hydroxyl groups excluding tert-OH is 1. The molecule has 0 spiro atoms. The SMILES string of the molecule is O=C(N[C@@H]1C[C@H]1CO)C1(O)CCC1. The summed E-state index contributed by atoms with van der Waals surface area (Å²) in [6.45, 7) is 0.128. The second-order valence-corrected chi connectivity index (χ2v) is 4.14. The smallest absolute Gasteiger partial charge is 0.252 e. The van der Waals surface area contributed by atoms with Crippen LogP contribution in [0, 0.1) is 5.92 Å². The molecule has 0 radical (unpaired) electrons. The summed E-state index contributed by atoms with van der Waals surface area (Å²) >= 11 is 0. The fourth-order valence-corrected chi connectivity index (χ4v) is 1.67. The number of hydrogen-bond donors (Lipinski definition) is 3. The molecule has 2 aliphatic rings. The first-order chi connectivity index (χ1) is 6.15. The van der Waals surface area contributed by atoms with E-state index in [1.807, 2.05) is 0 Å². The summed E-state index contributed by atoms with van der Waals surface area (Å²) < 4.78 is 0. The van der Waals surface area contributed by atoms with Crippen LogP contribution in [-0.4, -0.2) is 34.4 Å². The molecule has 3 N–H and O–H groups in total. The second-order valence-electron chi connectivity index (χ2n) is 4.14. The van der Waals surface area contributed by atoms with Crippen LogP contribution < -0.4 is 5.32 Å². The Balaban J connectivity index is 1.79. The van der Waals surface area contributed by atoms with Crippen molar-refractivity contribution in [3.05, 3.63) is 0 Å². The van der Waals surface area contributed by atoms with Gasteiger partial charge >= 0.3 is 0 Å². The topological polar surface area (TPSA) is 69.6 Å². The highest BCUT2D eigenvalue weighted by Crippen LogP contribution is 2.34. The van der Waals surface area contributed by atoms with E-state index in [4.69, 9.17) is 5.11 Å². The lowest BCUT2D eigenvalue weighted by molar-refractivity contribution is -0.148. The van der Waals surface area contributed by atoms with E-state index in [1.54, 1.807) is 0 Å². The van der Waals surface area contributed by atoms with E-state index >= 15 is 0 Å². The predicted octanol–water partition coefficient (Wildman–Crippen LogP) is -0.602. The van der Waals surface area contributed by atoms with Gasteiger partial charge in [0.1, 0.15) is 5.60 Å². The highest BCUT2D eigenvalue weighted by Gasteiger charge is 2.46. The molecule has 2 atom stereocenters. The van der Waals surface area contributed by atoms with E-state index in [1.165, 1.54) is 0 Å². The largest absolute Gasteiger partial charge is 0.396 e. The van der Waals surface area contributed by atoms with Gasteiger partial charge in [-0.15, -0.1) is 0 Å². The maximum Gasteiger partial charge on any atom is 0.252 e. The first kappa shape index (κ1) is 8.97. The number of carbonyl (C=O) groups excluding carboxylic acids is 1. The Kier molecular flexibility index (Phi) is 2.04. The molecule has 0 aromatic heterocycles. The first-order valence-corrected chi connectivity index (χ1v) is 4.80. The van der Waals surface area contributed by atoms with Crippen molar-refractivity contribution in [1.82, 2.24) is 5.32 Å². The van der Waals surface area contributed by atoms with Gasteiger partial charge in [-0.3, -0.25) is 4.79 Å². The normalized spacial score (nSPS) is 34.9. The molecular weight excluding hydrogens is 170 g/mol. The Bertz CT molecular complexity index is 225. The fourth-order valence-electron chi connectivity index (χ4n) is 1.67. The summed E-state index contributed by atoms with van der Waals surface area (Å²) in [6, 6.07) is 0.0992. The molecule has 4 heteroatoms. The number of nitrogens with one attached hydrogen (secondary N) is 1. The minimum Gasteiger partial charge on any atom is -0.396 e. The van der Waals surface area contributed by atoms with Gasteiger partial charge in [-0.2, -0.15) is 0 Å². The van der Waals surface area contributed by atoms with Gasteiger partial charge in [-0.1, -0.05) is 0 Å². The van der Waals surface area contributed by atoms with Crippen LogP contribution in [0.4, 0.5) is 0 Å². The van der Waals surface area contributed by atoms with Gasteiger partial charge in [0, 0.05) is 18.6 Å². The Hall–Kier alpha value is -0.610. The zero-order valence-corrected chi connectivity index (χ0v) is 7.49. The maximum atomic E-state index is 11.4. The average Bonchev–Trinajstić information content (AvgIpc) is 2.79. The monoisotopic (exact) mass is 185 g/mol. The van der Waals surface area contributed by atoms with Crippen LogP contribution in [0.25, 0.3) is 0 Å². The van der Waals surface area contributed by atoms with Crippen molar-refractivity contribution >= 4 is 5.91 Å². The van der Waals surface area contributed by atoms with Gasteiger partial charge in [0.2, 0.25) is 0 Å². The molecule has 2 saturated carbocycles. The summed E-state index contributed by atoms with van der Waals surface area (Å²) in [5, 5.41) is 21.1. The number of rotatable bonds is 3. The Morgan fingerprint density at radius 3 is 2.62 bits per heavy atom. The molecule has 0 heterocycles. The minimum absolute atomic E-state index is 0.0992. The van der Waals surface area contributed by atoms with E-state index in [2.05, 4.69) is 5.32 Å². The fraction of sp³-hybridized carbons (Fsp3) is 0.889. The molecular formula is C9H15NO3. The average molecular weight is 185 g/mol. The van der Waals surface area contributed by atoms with Crippen LogP contribution >= 0.6 is 0 Å². The molecule has 0 bridgehead atoms. The lowest BCUT2D eigenvalue weighted by Gasteiger charge is -2.34. The van der Waals surface area contributed by atoms with Gasteiger partial charge in [0.25, 0.3) is 5.91 Å². The standard InChI is InChI=1S/C9H15NO3/c11-5-6-4-7(6)10-8(12)9(13)2-1-3-9/h6-7,11,13H,1-5H2,(H,10,12)/t6-,7+/m0/s1. The summed E-state index contributed by atoms with van der Waals surface area (Å²) in [6.07, 6.45) is 2.93. The van der Waals surface area contributed by atoms with E-state index in [-0.39, 0.29) is 24.5 Å². The number of carbonyl (C=O) groups is 1.